The second kappa shape index (κ2) is 9.45. The summed E-state index contributed by atoms with van der Waals surface area (Å²) in [7, 11) is 0. The van der Waals surface area contributed by atoms with E-state index in [2.05, 4.69) is 32.2 Å². The molecule has 1 N–H and O–H groups in total. The van der Waals surface area contributed by atoms with Crippen LogP contribution < -0.4 is 0 Å². The minimum absolute atomic E-state index is 0.0822. The fraction of sp³-hybridized carbons (Fsp3) is 0.318. The van der Waals surface area contributed by atoms with Crippen molar-refractivity contribution in [3.63, 3.8) is 0 Å². The number of hydrogen-bond acceptors (Lipinski definition) is 5. The summed E-state index contributed by atoms with van der Waals surface area (Å²) in [6, 6.07) is 15.9. The lowest BCUT2D eigenvalue weighted by molar-refractivity contribution is -0.132. The van der Waals surface area contributed by atoms with Crippen molar-refractivity contribution in [2.45, 2.75) is 25.8 Å². The van der Waals surface area contributed by atoms with Gasteiger partial charge in [-0.2, -0.15) is 5.10 Å². The average molecular weight is 391 g/mol. The number of aromatic amines is 1. The van der Waals surface area contributed by atoms with Gasteiger partial charge in [-0.05, 0) is 23.3 Å². The van der Waals surface area contributed by atoms with Crippen LogP contribution in [0.5, 0.6) is 0 Å². The van der Waals surface area contributed by atoms with Crippen molar-refractivity contribution >= 4 is 5.91 Å². The monoisotopic (exact) mass is 391 g/mol. The topological polar surface area (TPSA) is 74.3 Å². The number of rotatable bonds is 7. The van der Waals surface area contributed by atoms with Gasteiger partial charge in [0.25, 0.3) is 0 Å². The van der Waals surface area contributed by atoms with E-state index in [0.29, 0.717) is 39.3 Å². The maximum absolute atomic E-state index is 13.0. The van der Waals surface area contributed by atoms with Gasteiger partial charge in [0.1, 0.15) is 0 Å². The molecule has 1 aromatic carbocycles. The second-order valence-electron chi connectivity index (χ2n) is 7.31. The van der Waals surface area contributed by atoms with Gasteiger partial charge in [-0.25, -0.2) is 0 Å². The van der Waals surface area contributed by atoms with Gasteiger partial charge >= 0.3 is 0 Å². The van der Waals surface area contributed by atoms with Gasteiger partial charge in [0.2, 0.25) is 5.91 Å². The average Bonchev–Trinajstić information content (AvgIpc) is 3.20. The number of benzene rings is 1. The van der Waals surface area contributed by atoms with Crippen LogP contribution in [0.1, 0.15) is 16.8 Å². The number of nitrogens with one attached hydrogen (secondary N) is 1. The maximum Gasteiger partial charge on any atom is 0.237 e. The lowest BCUT2D eigenvalue weighted by Gasteiger charge is -2.25. The van der Waals surface area contributed by atoms with E-state index < -0.39 is 0 Å². The number of hydrogen-bond donors (Lipinski definition) is 1. The molecule has 7 nitrogen and oxygen atoms in total. The molecule has 1 amide bonds. The van der Waals surface area contributed by atoms with E-state index >= 15 is 0 Å². The quantitative estimate of drug-likeness (QED) is 0.669. The summed E-state index contributed by atoms with van der Waals surface area (Å²) in [5, 5.41) is 6.99. The maximum atomic E-state index is 13.0. The molecule has 1 atom stereocenters. The number of nitrogens with zero attached hydrogens (tertiary/aromatic N) is 4. The fourth-order valence-electron chi connectivity index (χ4n) is 3.54. The number of amides is 1. The molecule has 1 unspecified atom stereocenters. The summed E-state index contributed by atoms with van der Waals surface area (Å²) in [4.78, 5) is 21.1. The van der Waals surface area contributed by atoms with Crippen LogP contribution in [0.25, 0.3) is 0 Å². The van der Waals surface area contributed by atoms with Crippen LogP contribution in [0.15, 0.2) is 67.1 Å². The number of pyridine rings is 1. The molecule has 150 valence electrons. The highest BCUT2D eigenvalue weighted by Crippen LogP contribution is 2.15. The van der Waals surface area contributed by atoms with Crippen molar-refractivity contribution in [1.82, 2.24) is 25.0 Å². The smallest absolute Gasteiger partial charge is 0.237 e. The Morgan fingerprint density at radius 3 is 2.62 bits per heavy atom. The zero-order valence-corrected chi connectivity index (χ0v) is 16.3. The Labute approximate surface area is 170 Å². The van der Waals surface area contributed by atoms with Crippen molar-refractivity contribution in [3.05, 3.63) is 83.9 Å². The zero-order chi connectivity index (χ0) is 19.9. The molecule has 1 aliphatic rings. The van der Waals surface area contributed by atoms with Crippen molar-refractivity contribution in [3.8, 4) is 0 Å². The number of ether oxygens (including phenoxy) is 1. The zero-order valence-electron chi connectivity index (χ0n) is 16.3. The molecule has 1 aliphatic heterocycles. The molecule has 0 spiro atoms. The van der Waals surface area contributed by atoms with E-state index in [4.69, 9.17) is 4.74 Å². The molecule has 1 fully saturated rings. The van der Waals surface area contributed by atoms with Gasteiger partial charge < -0.3 is 9.64 Å². The summed E-state index contributed by atoms with van der Waals surface area (Å²) < 4.78 is 6.24. The number of H-pyrrole nitrogens is 1. The molecule has 3 heterocycles. The van der Waals surface area contributed by atoms with E-state index in [0.717, 1.165) is 16.8 Å². The molecule has 7 heteroatoms. The normalized spacial score (nSPS) is 18.0. The molecule has 0 saturated carbocycles. The van der Waals surface area contributed by atoms with E-state index in [1.165, 1.54) is 0 Å². The van der Waals surface area contributed by atoms with Crippen molar-refractivity contribution in [1.29, 1.82) is 0 Å². The molecule has 3 aromatic rings. The van der Waals surface area contributed by atoms with E-state index in [9.17, 15) is 4.79 Å². The molecule has 1 saturated heterocycles. The first-order valence-corrected chi connectivity index (χ1v) is 9.79. The lowest BCUT2D eigenvalue weighted by Crippen LogP contribution is -2.37. The molecule has 0 aliphatic carbocycles. The van der Waals surface area contributed by atoms with E-state index in [1.54, 1.807) is 18.6 Å². The predicted molar refractivity (Wildman–Crippen MR) is 109 cm³/mol. The van der Waals surface area contributed by atoms with Gasteiger partial charge in [-0.15, -0.1) is 0 Å². The van der Waals surface area contributed by atoms with Gasteiger partial charge in [0.15, 0.2) is 0 Å². The summed E-state index contributed by atoms with van der Waals surface area (Å²) in [5.41, 5.74) is 3.13. The molecule has 29 heavy (non-hydrogen) atoms. The third kappa shape index (κ3) is 5.49. The molecular weight excluding hydrogens is 366 g/mol. The first kappa shape index (κ1) is 19.3. The Bertz CT molecular complexity index is 886. The lowest BCUT2D eigenvalue weighted by atomic mass is 10.2. The van der Waals surface area contributed by atoms with Crippen LogP contribution in [0, 0.1) is 0 Å². The summed E-state index contributed by atoms with van der Waals surface area (Å²) in [6.45, 7) is 3.29. The number of carbonyl (C=O) groups is 1. The molecule has 2 aromatic heterocycles. The van der Waals surface area contributed by atoms with Crippen molar-refractivity contribution in [2.24, 2.45) is 0 Å². The van der Waals surface area contributed by atoms with E-state index in [-0.39, 0.29) is 12.0 Å². The van der Waals surface area contributed by atoms with Crippen molar-refractivity contribution in [2.75, 3.05) is 19.6 Å². The van der Waals surface area contributed by atoms with Crippen molar-refractivity contribution < 1.29 is 9.53 Å². The van der Waals surface area contributed by atoms with Gasteiger partial charge in [0.05, 0.1) is 19.3 Å². The minimum atomic E-state index is -0.0822. The molecule has 0 bridgehead atoms. The summed E-state index contributed by atoms with van der Waals surface area (Å²) >= 11 is 0. The van der Waals surface area contributed by atoms with Crippen LogP contribution in [0.3, 0.4) is 0 Å². The molecule has 4 rings (SSSR count). The molecule has 0 radical (unpaired) electrons. The Hall–Kier alpha value is -3.03. The first-order valence-electron chi connectivity index (χ1n) is 9.79. The number of aromatic nitrogens is 3. The summed E-state index contributed by atoms with van der Waals surface area (Å²) in [6.07, 6.45) is 5.19. The van der Waals surface area contributed by atoms with Gasteiger partial charge in [-0.3, -0.25) is 19.8 Å². The minimum Gasteiger partial charge on any atom is -0.370 e. The van der Waals surface area contributed by atoms with Crippen LogP contribution in [0.4, 0.5) is 0 Å². The van der Waals surface area contributed by atoms with Crippen LogP contribution in [-0.4, -0.2) is 56.6 Å². The van der Waals surface area contributed by atoms with Crippen LogP contribution >= 0.6 is 0 Å². The Kier molecular flexibility index (Phi) is 6.29. The summed E-state index contributed by atoms with van der Waals surface area (Å²) in [5.74, 6) is 0.0965. The highest BCUT2D eigenvalue weighted by atomic mass is 16.5. The third-order valence-electron chi connectivity index (χ3n) is 4.97. The van der Waals surface area contributed by atoms with Gasteiger partial charge in [0, 0.05) is 50.5 Å². The Morgan fingerprint density at radius 1 is 1.00 bits per heavy atom. The SMILES string of the molecule is O=C1CN(Cc2ccn[nH]2)CC(OCc2ccccc2)CN1Cc1cccnc1. The Balaban J connectivity index is 1.47. The van der Waals surface area contributed by atoms with Gasteiger partial charge in [-0.1, -0.05) is 36.4 Å². The first-order chi connectivity index (χ1) is 14.3. The molecular formula is C22H25N5O2. The largest absolute Gasteiger partial charge is 0.370 e. The number of carbonyl (C=O) groups excluding carboxylic acids is 1. The second-order valence-corrected chi connectivity index (χ2v) is 7.31. The predicted octanol–water partition coefficient (Wildman–Crippen LogP) is 2.23. The highest BCUT2D eigenvalue weighted by molar-refractivity contribution is 5.78. The Morgan fingerprint density at radius 2 is 1.86 bits per heavy atom. The van der Waals surface area contributed by atoms with Crippen LogP contribution in [0.2, 0.25) is 0 Å². The third-order valence-corrected chi connectivity index (χ3v) is 4.97. The fourth-order valence-corrected chi connectivity index (χ4v) is 3.54. The van der Waals surface area contributed by atoms with Crippen LogP contribution in [-0.2, 0) is 29.2 Å². The standard InChI is InChI=1S/C22H25N5O2/c28-22-16-26(13-20-8-10-24-25-20)14-21(29-17-18-5-2-1-3-6-18)15-27(22)12-19-7-4-9-23-11-19/h1-11,21H,12-17H2,(H,24,25). The van der Waals surface area contributed by atoms with E-state index in [1.807, 2.05) is 41.3 Å². The highest BCUT2D eigenvalue weighted by Gasteiger charge is 2.28.